The number of nitrogens with zero attached hydrogens (tertiary/aromatic N) is 1. The van der Waals surface area contributed by atoms with Gasteiger partial charge < -0.3 is 14.6 Å². The van der Waals surface area contributed by atoms with Crippen molar-refractivity contribution >= 4 is 40.9 Å². The quantitative estimate of drug-likeness (QED) is 0.297. The summed E-state index contributed by atoms with van der Waals surface area (Å²) < 4.78 is 27.8. The van der Waals surface area contributed by atoms with Crippen molar-refractivity contribution in [2.45, 2.75) is 31.5 Å². The normalized spacial score (nSPS) is 20.5. The molecule has 7 nitrogen and oxygen atoms in total. The number of carbonyl (C=O) groups is 3. The van der Waals surface area contributed by atoms with Crippen LogP contribution in [0.2, 0.25) is 10.0 Å². The van der Waals surface area contributed by atoms with Gasteiger partial charge in [0, 0.05) is 47.4 Å². The number of Topliss-reactive ketones (excluding diaryl/α,β-unsaturated/α-hetero) is 1. The molecule has 3 aromatic carbocycles. The lowest BCUT2D eigenvalue weighted by molar-refractivity contribution is -0.149. The zero-order valence-corrected chi connectivity index (χ0v) is 23.9. The van der Waals surface area contributed by atoms with Crippen molar-refractivity contribution in [3.63, 3.8) is 0 Å². The molecule has 1 amide bonds. The second-order valence-corrected chi connectivity index (χ2v) is 11.2. The van der Waals surface area contributed by atoms with Gasteiger partial charge in [0.2, 0.25) is 0 Å². The number of ether oxygens (including phenoxy) is 2. The van der Waals surface area contributed by atoms with E-state index in [9.17, 15) is 19.5 Å². The number of amides is 1. The van der Waals surface area contributed by atoms with Crippen molar-refractivity contribution in [3.8, 4) is 0 Å². The van der Waals surface area contributed by atoms with Gasteiger partial charge in [0.15, 0.2) is 11.5 Å². The highest BCUT2D eigenvalue weighted by atomic mass is 35.5. The molecule has 1 N–H and O–H groups in total. The van der Waals surface area contributed by atoms with Gasteiger partial charge in [0.05, 0.1) is 23.1 Å². The lowest BCUT2D eigenvalue weighted by atomic mass is 9.86. The second-order valence-electron chi connectivity index (χ2n) is 10.3. The third-order valence-electron chi connectivity index (χ3n) is 7.98. The van der Waals surface area contributed by atoms with Crippen LogP contribution in [0.15, 0.2) is 60.7 Å². The molecule has 2 unspecified atom stereocenters. The number of ketones is 1. The Bertz CT molecular complexity index is 1490. The number of carbonyl (C=O) groups excluding carboxylic acids is 2. The number of carboxylic acids is 1. The maximum Gasteiger partial charge on any atom is 0.308 e. The fourth-order valence-electron chi connectivity index (χ4n) is 5.91. The van der Waals surface area contributed by atoms with Crippen LogP contribution in [0.25, 0.3) is 0 Å². The molecule has 214 valence electrons. The lowest BCUT2D eigenvalue weighted by Crippen LogP contribution is -2.51. The Kier molecular flexibility index (Phi) is 8.21. The zero-order chi connectivity index (χ0) is 29.5. The van der Waals surface area contributed by atoms with E-state index in [0.717, 1.165) is 6.07 Å². The number of hydrogen-bond donors (Lipinski definition) is 1. The van der Waals surface area contributed by atoms with Gasteiger partial charge in [-0.05, 0) is 61.7 Å². The molecule has 10 heteroatoms. The molecule has 41 heavy (non-hydrogen) atoms. The van der Waals surface area contributed by atoms with E-state index in [1.54, 1.807) is 48.5 Å². The summed E-state index contributed by atoms with van der Waals surface area (Å²) >= 11 is 12.3. The van der Waals surface area contributed by atoms with E-state index in [1.807, 2.05) is 0 Å². The Morgan fingerprint density at radius 2 is 1.63 bits per heavy atom. The SMILES string of the molecule is CO[C@]1(c2ccc(Cl)cc2)c2c(F)cc(C(=O)C3CCOCC3)cc2C(=O)N1C(c1ccc(Cl)cc1)C(C)C(=O)O. The number of carboxylic acid groups (broad SMARTS) is 1. The van der Waals surface area contributed by atoms with Crippen molar-refractivity contribution in [2.24, 2.45) is 11.8 Å². The average Bonchev–Trinajstić information content (AvgIpc) is 3.23. The molecule has 1 saturated heterocycles. The third kappa shape index (κ3) is 5.03. The first-order chi connectivity index (χ1) is 19.6. The largest absolute Gasteiger partial charge is 0.481 e. The molecule has 0 aromatic heterocycles. The number of methoxy groups -OCH3 is 1. The van der Waals surface area contributed by atoms with Crippen LogP contribution < -0.4 is 0 Å². The molecule has 0 saturated carbocycles. The third-order valence-corrected chi connectivity index (χ3v) is 8.48. The fourth-order valence-corrected chi connectivity index (χ4v) is 6.16. The van der Waals surface area contributed by atoms with Crippen molar-refractivity contribution < 1.29 is 33.4 Å². The molecule has 2 aliphatic heterocycles. The van der Waals surface area contributed by atoms with Crippen LogP contribution in [-0.4, -0.2) is 48.0 Å². The molecule has 0 spiro atoms. The average molecular weight is 600 g/mol. The Balaban J connectivity index is 1.76. The predicted octanol–water partition coefficient (Wildman–Crippen LogP) is 6.51. The van der Waals surface area contributed by atoms with Crippen LogP contribution in [0.3, 0.4) is 0 Å². The van der Waals surface area contributed by atoms with Crippen LogP contribution in [0.4, 0.5) is 4.39 Å². The molecular formula is C31H28Cl2FNO6. The van der Waals surface area contributed by atoms with Gasteiger partial charge >= 0.3 is 5.97 Å². The molecule has 1 fully saturated rings. The van der Waals surface area contributed by atoms with Crippen LogP contribution in [0.5, 0.6) is 0 Å². The van der Waals surface area contributed by atoms with Crippen LogP contribution in [0.1, 0.15) is 63.2 Å². The number of rotatable bonds is 8. The predicted molar refractivity (Wildman–Crippen MR) is 151 cm³/mol. The summed E-state index contributed by atoms with van der Waals surface area (Å²) in [6, 6.07) is 14.2. The van der Waals surface area contributed by atoms with Gasteiger partial charge in [-0.25, -0.2) is 4.39 Å². The van der Waals surface area contributed by atoms with Gasteiger partial charge in [-0.15, -0.1) is 0 Å². The van der Waals surface area contributed by atoms with Crippen LogP contribution in [0, 0.1) is 17.7 Å². The van der Waals surface area contributed by atoms with E-state index in [4.69, 9.17) is 32.7 Å². The smallest absolute Gasteiger partial charge is 0.308 e. The first kappa shape index (κ1) is 29.2. The summed E-state index contributed by atoms with van der Waals surface area (Å²) in [5.74, 6) is -4.45. The molecule has 0 aliphatic carbocycles. The summed E-state index contributed by atoms with van der Waals surface area (Å²) in [6.07, 6.45) is 0.998. The number of benzene rings is 3. The second kappa shape index (κ2) is 11.5. The summed E-state index contributed by atoms with van der Waals surface area (Å²) in [7, 11) is 1.33. The zero-order valence-electron chi connectivity index (χ0n) is 22.4. The summed E-state index contributed by atoms with van der Waals surface area (Å²) in [4.78, 5) is 41.5. The molecule has 0 radical (unpaired) electrons. The van der Waals surface area contributed by atoms with E-state index in [-0.39, 0.29) is 28.4 Å². The summed E-state index contributed by atoms with van der Waals surface area (Å²) in [5.41, 5.74) is -1.18. The fraction of sp³-hybridized carbons (Fsp3) is 0.323. The molecule has 2 aliphatic rings. The number of hydrogen-bond acceptors (Lipinski definition) is 5. The van der Waals surface area contributed by atoms with Crippen molar-refractivity contribution in [1.82, 2.24) is 4.90 Å². The van der Waals surface area contributed by atoms with E-state index < -0.39 is 35.4 Å². The molecule has 0 bridgehead atoms. The van der Waals surface area contributed by atoms with Crippen molar-refractivity contribution in [2.75, 3.05) is 20.3 Å². The summed E-state index contributed by atoms with van der Waals surface area (Å²) in [6.45, 7) is 2.32. The van der Waals surface area contributed by atoms with Crippen molar-refractivity contribution in [1.29, 1.82) is 0 Å². The Hall–Kier alpha value is -3.30. The van der Waals surface area contributed by atoms with E-state index in [1.165, 1.54) is 25.0 Å². The van der Waals surface area contributed by atoms with Gasteiger partial charge in [0.1, 0.15) is 5.82 Å². The monoisotopic (exact) mass is 599 g/mol. The standard InChI is InChI=1S/C31H28Cl2FNO6/c1-17(30(38)39)27(18-3-7-22(32)8-4-18)35-29(37)24-15-20(28(36)19-11-13-41-14-12-19)16-25(34)26(24)31(35,40-2)21-5-9-23(33)10-6-21/h3-10,15-17,19,27H,11-14H2,1-2H3,(H,38,39)/t17?,27?,31-/m1/s1. The van der Waals surface area contributed by atoms with Crippen LogP contribution in [-0.2, 0) is 20.0 Å². The summed E-state index contributed by atoms with van der Waals surface area (Å²) in [5, 5.41) is 11.0. The van der Waals surface area contributed by atoms with E-state index in [0.29, 0.717) is 47.2 Å². The number of fused-ring (bicyclic) bond motifs is 1. The first-order valence-corrected chi connectivity index (χ1v) is 13.9. The van der Waals surface area contributed by atoms with E-state index >= 15 is 4.39 Å². The highest BCUT2D eigenvalue weighted by Crippen LogP contribution is 2.52. The minimum absolute atomic E-state index is 0.0683. The van der Waals surface area contributed by atoms with Crippen LogP contribution >= 0.6 is 23.2 Å². The van der Waals surface area contributed by atoms with Gasteiger partial charge in [0.25, 0.3) is 5.91 Å². The molecule has 3 atom stereocenters. The molecule has 5 rings (SSSR count). The first-order valence-electron chi connectivity index (χ1n) is 13.2. The molecular weight excluding hydrogens is 572 g/mol. The maximum absolute atomic E-state index is 16.4. The minimum atomic E-state index is -1.88. The Morgan fingerprint density at radius 3 is 2.20 bits per heavy atom. The minimum Gasteiger partial charge on any atom is -0.481 e. The van der Waals surface area contributed by atoms with Crippen molar-refractivity contribution in [3.05, 3.63) is 104 Å². The Labute approximate surface area is 246 Å². The highest BCUT2D eigenvalue weighted by Gasteiger charge is 2.58. The van der Waals surface area contributed by atoms with E-state index in [2.05, 4.69) is 0 Å². The highest BCUT2D eigenvalue weighted by molar-refractivity contribution is 6.30. The molecule has 2 heterocycles. The van der Waals surface area contributed by atoms with Gasteiger partial charge in [-0.2, -0.15) is 0 Å². The number of aliphatic carboxylic acids is 1. The van der Waals surface area contributed by atoms with Gasteiger partial charge in [-0.3, -0.25) is 19.3 Å². The Morgan fingerprint density at radius 1 is 1.05 bits per heavy atom. The number of halogens is 3. The maximum atomic E-state index is 16.4. The topological polar surface area (TPSA) is 93.1 Å². The molecule has 3 aromatic rings. The lowest BCUT2D eigenvalue weighted by Gasteiger charge is -2.44. The van der Waals surface area contributed by atoms with Gasteiger partial charge in [-0.1, -0.05) is 47.5 Å².